The van der Waals surface area contributed by atoms with Crippen LogP contribution in [0.1, 0.15) is 58.8 Å². The van der Waals surface area contributed by atoms with E-state index in [4.69, 9.17) is 14.5 Å². The van der Waals surface area contributed by atoms with Crippen LogP contribution < -0.4 is 10.1 Å². The predicted octanol–water partition coefficient (Wildman–Crippen LogP) is 4.77. The van der Waals surface area contributed by atoms with Gasteiger partial charge in [-0.1, -0.05) is 43.8 Å². The molecule has 3 rings (SSSR count). The van der Waals surface area contributed by atoms with Crippen molar-refractivity contribution in [1.82, 2.24) is 20.2 Å². The van der Waals surface area contributed by atoms with Crippen molar-refractivity contribution in [2.75, 3.05) is 6.54 Å². The van der Waals surface area contributed by atoms with Gasteiger partial charge in [-0.05, 0) is 47.1 Å². The maximum atomic E-state index is 13.3. The van der Waals surface area contributed by atoms with E-state index in [1.807, 2.05) is 51.1 Å². The van der Waals surface area contributed by atoms with Gasteiger partial charge in [0, 0.05) is 18.0 Å². The molecule has 0 spiro atoms. The molecule has 1 aliphatic heterocycles. The highest BCUT2D eigenvalue weighted by Gasteiger charge is 2.38. The molecular weight excluding hydrogens is 444 g/mol. The molecule has 2 aromatic rings. The third-order valence-electron chi connectivity index (χ3n) is 5.81. The van der Waals surface area contributed by atoms with Gasteiger partial charge in [0.15, 0.2) is 0 Å². The van der Waals surface area contributed by atoms with Gasteiger partial charge in [0.05, 0.1) is 17.9 Å². The molecule has 188 valence electrons. The lowest BCUT2D eigenvalue weighted by Crippen LogP contribution is -2.50. The molecule has 8 nitrogen and oxygen atoms in total. The third kappa shape index (κ3) is 6.59. The number of carbonyl (C=O) groups excluding carboxylic acids is 2. The first-order valence-electron chi connectivity index (χ1n) is 12.1. The smallest absolute Gasteiger partial charge is 0.408 e. The molecular formula is C27H36N4O4. The van der Waals surface area contributed by atoms with Crippen molar-refractivity contribution >= 4 is 18.1 Å². The molecule has 1 aliphatic rings. The number of likely N-dealkylation sites (tertiary alicyclic amines) is 1. The highest BCUT2D eigenvalue weighted by Crippen LogP contribution is 2.31. The van der Waals surface area contributed by atoms with Crippen LogP contribution in [0.5, 0.6) is 5.88 Å². The lowest BCUT2D eigenvalue weighted by atomic mass is 10.1. The van der Waals surface area contributed by atoms with Crippen LogP contribution in [0.4, 0.5) is 4.79 Å². The summed E-state index contributed by atoms with van der Waals surface area (Å²) in [4.78, 5) is 36.7. The number of nitrogens with zero attached hydrogens (tertiary/aromatic N) is 3. The van der Waals surface area contributed by atoms with Gasteiger partial charge in [-0.3, -0.25) is 4.79 Å². The van der Waals surface area contributed by atoms with E-state index >= 15 is 0 Å². The van der Waals surface area contributed by atoms with E-state index in [0.717, 1.165) is 11.3 Å². The molecule has 1 saturated heterocycles. The number of benzene rings is 1. The highest BCUT2D eigenvalue weighted by molar-refractivity contribution is 5.86. The fraction of sp³-hybridized carbons (Fsp3) is 0.481. The summed E-state index contributed by atoms with van der Waals surface area (Å²) in [5.41, 5.74) is 2.32. The zero-order valence-electron chi connectivity index (χ0n) is 21.5. The molecule has 3 unspecified atom stereocenters. The summed E-state index contributed by atoms with van der Waals surface area (Å²) in [5, 5.41) is 2.71. The number of amides is 2. The summed E-state index contributed by atoms with van der Waals surface area (Å²) >= 11 is 0. The van der Waals surface area contributed by atoms with Gasteiger partial charge in [-0.25, -0.2) is 14.8 Å². The molecule has 0 bridgehead atoms. The van der Waals surface area contributed by atoms with Crippen LogP contribution in [0, 0.1) is 6.92 Å². The van der Waals surface area contributed by atoms with Gasteiger partial charge in [-0.15, -0.1) is 0 Å². The fourth-order valence-corrected chi connectivity index (χ4v) is 4.09. The Morgan fingerprint density at radius 2 is 1.94 bits per heavy atom. The van der Waals surface area contributed by atoms with Crippen molar-refractivity contribution < 1.29 is 19.1 Å². The number of alkyl carbamates (subject to hydrolysis) is 1. The normalized spacial score (nSPS) is 18.6. The van der Waals surface area contributed by atoms with E-state index in [1.165, 1.54) is 0 Å². The number of hydrogen-bond acceptors (Lipinski definition) is 6. The van der Waals surface area contributed by atoms with E-state index in [9.17, 15) is 9.59 Å². The lowest BCUT2D eigenvalue weighted by Gasteiger charge is -2.28. The second-order valence-electron chi connectivity index (χ2n) is 9.84. The minimum absolute atomic E-state index is 0.0522. The summed E-state index contributed by atoms with van der Waals surface area (Å²) in [6.45, 7) is 15.3. The molecule has 0 saturated carbocycles. The monoisotopic (exact) mass is 480 g/mol. The van der Waals surface area contributed by atoms with Crippen LogP contribution in [-0.2, 0) is 9.53 Å². The summed E-state index contributed by atoms with van der Waals surface area (Å²) in [6.07, 6.45) is 1.93. The van der Waals surface area contributed by atoms with Crippen molar-refractivity contribution in [3.8, 4) is 17.1 Å². The zero-order valence-corrected chi connectivity index (χ0v) is 21.5. The van der Waals surface area contributed by atoms with Gasteiger partial charge in [0.2, 0.25) is 11.8 Å². The summed E-state index contributed by atoms with van der Waals surface area (Å²) in [7, 11) is 0. The summed E-state index contributed by atoms with van der Waals surface area (Å²) in [6, 6.07) is 9.02. The molecule has 35 heavy (non-hydrogen) atoms. The minimum atomic E-state index is -0.667. The number of aromatic nitrogens is 2. The first kappa shape index (κ1) is 26.2. The maximum absolute atomic E-state index is 13.3. The van der Waals surface area contributed by atoms with Crippen molar-refractivity contribution in [3.63, 3.8) is 0 Å². The molecule has 8 heteroatoms. The second-order valence-corrected chi connectivity index (χ2v) is 9.84. The first-order valence-corrected chi connectivity index (χ1v) is 12.1. The third-order valence-corrected chi connectivity index (χ3v) is 5.81. The van der Waals surface area contributed by atoms with Gasteiger partial charge >= 0.3 is 6.09 Å². The first-order chi connectivity index (χ1) is 16.5. The van der Waals surface area contributed by atoms with E-state index in [1.54, 1.807) is 31.7 Å². The Morgan fingerprint density at radius 3 is 2.54 bits per heavy atom. The SMILES string of the molecule is C=Cc1nc(-c2ccccc2)c(OC2CC(C)N(C(=O)C(CC)NC(=O)OC(C)(C)C)C2)nc1C. The number of rotatable bonds is 7. The molecule has 1 fully saturated rings. The predicted molar refractivity (Wildman–Crippen MR) is 136 cm³/mol. The van der Waals surface area contributed by atoms with Gasteiger partial charge in [0.25, 0.3) is 0 Å². The van der Waals surface area contributed by atoms with Gasteiger partial charge in [0.1, 0.15) is 23.4 Å². The molecule has 2 amide bonds. The Hall–Kier alpha value is -3.42. The van der Waals surface area contributed by atoms with Gasteiger partial charge in [-0.2, -0.15) is 0 Å². The Labute approximate surface area is 207 Å². The Kier molecular flexibility index (Phi) is 8.14. The maximum Gasteiger partial charge on any atom is 0.408 e. The molecule has 0 aliphatic carbocycles. The Balaban J connectivity index is 1.76. The van der Waals surface area contributed by atoms with Crippen LogP contribution in [0.15, 0.2) is 36.9 Å². The molecule has 3 atom stereocenters. The summed E-state index contributed by atoms with van der Waals surface area (Å²) in [5.74, 6) is 0.286. The van der Waals surface area contributed by atoms with E-state index in [0.29, 0.717) is 36.7 Å². The zero-order chi connectivity index (χ0) is 25.8. The van der Waals surface area contributed by atoms with E-state index < -0.39 is 17.7 Å². The number of hydrogen-bond donors (Lipinski definition) is 1. The van der Waals surface area contributed by atoms with Crippen LogP contribution in [-0.4, -0.2) is 57.2 Å². The number of aryl methyl sites for hydroxylation is 1. The average molecular weight is 481 g/mol. The van der Waals surface area contributed by atoms with Crippen molar-refractivity contribution in [1.29, 1.82) is 0 Å². The number of nitrogens with one attached hydrogen (secondary N) is 1. The van der Waals surface area contributed by atoms with E-state index in [2.05, 4.69) is 16.9 Å². The highest BCUT2D eigenvalue weighted by atomic mass is 16.6. The second kappa shape index (κ2) is 10.9. The average Bonchev–Trinajstić information content (AvgIpc) is 3.16. The molecule has 0 radical (unpaired) electrons. The van der Waals surface area contributed by atoms with Crippen molar-refractivity contribution in [2.45, 2.75) is 78.2 Å². The molecule has 1 aromatic heterocycles. The number of ether oxygens (including phenoxy) is 2. The van der Waals surface area contributed by atoms with Gasteiger partial charge < -0.3 is 19.7 Å². The fourth-order valence-electron chi connectivity index (χ4n) is 4.09. The molecule has 2 heterocycles. The number of carbonyl (C=O) groups is 2. The Morgan fingerprint density at radius 1 is 1.26 bits per heavy atom. The quantitative estimate of drug-likeness (QED) is 0.614. The van der Waals surface area contributed by atoms with Crippen LogP contribution in [0.2, 0.25) is 0 Å². The van der Waals surface area contributed by atoms with Crippen LogP contribution >= 0.6 is 0 Å². The topological polar surface area (TPSA) is 93.7 Å². The minimum Gasteiger partial charge on any atom is -0.471 e. The molecule has 1 N–H and O–H groups in total. The summed E-state index contributed by atoms with van der Waals surface area (Å²) < 4.78 is 11.7. The van der Waals surface area contributed by atoms with Crippen LogP contribution in [0.3, 0.4) is 0 Å². The van der Waals surface area contributed by atoms with E-state index in [-0.39, 0.29) is 18.1 Å². The largest absolute Gasteiger partial charge is 0.471 e. The van der Waals surface area contributed by atoms with Crippen LogP contribution in [0.25, 0.3) is 17.3 Å². The lowest BCUT2D eigenvalue weighted by molar-refractivity contribution is -0.134. The van der Waals surface area contributed by atoms with Crippen molar-refractivity contribution in [3.05, 3.63) is 48.3 Å². The standard InChI is InChI=1S/C27H36N4O4/c1-8-21-18(4)28-24(23(29-21)19-13-11-10-12-14-19)34-20-15-17(3)31(16-20)25(32)22(9-2)30-26(33)35-27(5,6)7/h8,10-14,17,20,22H,1,9,15-16H2,2-7H3,(H,30,33). The van der Waals surface area contributed by atoms with Crippen molar-refractivity contribution in [2.24, 2.45) is 0 Å². The Bertz CT molecular complexity index is 1060. The molecule has 1 aromatic carbocycles.